The zero-order chi connectivity index (χ0) is 11.4. The van der Waals surface area contributed by atoms with Gasteiger partial charge in [0.15, 0.2) is 0 Å². The molecular formula is C12H12N2OS. The van der Waals surface area contributed by atoms with E-state index in [4.69, 9.17) is 0 Å². The van der Waals surface area contributed by atoms with Crippen molar-refractivity contribution in [2.75, 3.05) is 0 Å². The van der Waals surface area contributed by atoms with Crippen LogP contribution in [0.3, 0.4) is 0 Å². The summed E-state index contributed by atoms with van der Waals surface area (Å²) in [4.78, 5) is 9.41. The van der Waals surface area contributed by atoms with Crippen molar-refractivity contribution in [1.29, 1.82) is 0 Å². The number of aliphatic hydroxyl groups excluding tert-OH is 1. The van der Waals surface area contributed by atoms with Gasteiger partial charge >= 0.3 is 0 Å². The van der Waals surface area contributed by atoms with Crippen LogP contribution in [0.2, 0.25) is 0 Å². The maximum atomic E-state index is 9.32. The molecule has 2 aromatic rings. The summed E-state index contributed by atoms with van der Waals surface area (Å²) >= 11 is 1.55. The number of hydrogen-bond donors (Lipinski definition) is 1. The molecule has 1 N–H and O–H groups in total. The van der Waals surface area contributed by atoms with Crippen LogP contribution in [0.25, 0.3) is 0 Å². The molecular weight excluding hydrogens is 220 g/mol. The van der Waals surface area contributed by atoms with E-state index in [0.717, 1.165) is 9.92 Å². The van der Waals surface area contributed by atoms with Gasteiger partial charge in [-0.1, -0.05) is 17.8 Å². The first-order valence-corrected chi connectivity index (χ1v) is 5.80. The van der Waals surface area contributed by atoms with E-state index >= 15 is 0 Å². The van der Waals surface area contributed by atoms with Crippen molar-refractivity contribution in [2.45, 2.75) is 22.9 Å². The Labute approximate surface area is 98.6 Å². The van der Waals surface area contributed by atoms with E-state index < -0.39 is 6.10 Å². The third kappa shape index (κ3) is 2.81. The normalized spacial score (nSPS) is 12.4. The molecule has 0 fully saturated rings. The molecule has 82 valence electrons. The molecule has 0 radical (unpaired) electrons. The number of hydrogen-bond acceptors (Lipinski definition) is 4. The van der Waals surface area contributed by atoms with E-state index in [1.165, 1.54) is 0 Å². The van der Waals surface area contributed by atoms with E-state index in [1.54, 1.807) is 31.1 Å². The Morgan fingerprint density at radius 2 is 2.06 bits per heavy atom. The quantitative estimate of drug-likeness (QED) is 0.883. The van der Waals surface area contributed by atoms with E-state index in [9.17, 15) is 5.11 Å². The lowest BCUT2D eigenvalue weighted by atomic mass is 10.2. The summed E-state index contributed by atoms with van der Waals surface area (Å²) in [5.41, 5.74) is 0.686. The van der Waals surface area contributed by atoms with Crippen LogP contribution in [0, 0.1) is 0 Å². The summed E-state index contributed by atoms with van der Waals surface area (Å²) < 4.78 is 0. The Morgan fingerprint density at radius 1 is 1.19 bits per heavy atom. The van der Waals surface area contributed by atoms with Crippen molar-refractivity contribution < 1.29 is 5.11 Å². The molecule has 0 aliphatic heterocycles. The predicted molar refractivity (Wildman–Crippen MR) is 63.2 cm³/mol. The Hall–Kier alpha value is -1.39. The molecule has 0 unspecified atom stereocenters. The first-order chi connectivity index (χ1) is 7.75. The van der Waals surface area contributed by atoms with Crippen molar-refractivity contribution in [3.05, 3.63) is 48.4 Å². The number of rotatable bonds is 3. The van der Waals surface area contributed by atoms with E-state index in [2.05, 4.69) is 9.97 Å². The summed E-state index contributed by atoms with van der Waals surface area (Å²) in [7, 11) is 0. The van der Waals surface area contributed by atoms with Crippen LogP contribution in [0.1, 0.15) is 18.7 Å². The van der Waals surface area contributed by atoms with Crippen molar-refractivity contribution in [3.8, 4) is 0 Å². The lowest BCUT2D eigenvalue weighted by Gasteiger charge is -2.04. The first-order valence-electron chi connectivity index (χ1n) is 4.98. The summed E-state index contributed by atoms with van der Waals surface area (Å²) in [5, 5.41) is 10.3. The molecule has 0 aromatic carbocycles. The van der Waals surface area contributed by atoms with Gasteiger partial charge < -0.3 is 5.11 Å². The van der Waals surface area contributed by atoms with Crippen molar-refractivity contribution >= 4 is 11.8 Å². The Kier molecular flexibility index (Phi) is 3.54. The zero-order valence-electron chi connectivity index (χ0n) is 8.87. The minimum Gasteiger partial charge on any atom is -0.387 e. The number of aromatic nitrogens is 2. The average molecular weight is 232 g/mol. The van der Waals surface area contributed by atoms with Gasteiger partial charge in [-0.05, 0) is 31.2 Å². The topological polar surface area (TPSA) is 46.0 Å². The maximum Gasteiger partial charge on any atom is 0.101 e. The van der Waals surface area contributed by atoms with Crippen molar-refractivity contribution in [2.24, 2.45) is 0 Å². The lowest BCUT2D eigenvalue weighted by molar-refractivity contribution is 0.194. The molecule has 0 aliphatic rings. The van der Waals surface area contributed by atoms with Gasteiger partial charge in [0.2, 0.25) is 0 Å². The van der Waals surface area contributed by atoms with Crippen LogP contribution in [-0.4, -0.2) is 15.1 Å². The average Bonchev–Trinajstić information content (AvgIpc) is 2.31. The molecule has 0 spiro atoms. The fourth-order valence-corrected chi connectivity index (χ4v) is 1.97. The van der Waals surface area contributed by atoms with Gasteiger partial charge in [0.05, 0.1) is 11.8 Å². The van der Waals surface area contributed by atoms with Crippen molar-refractivity contribution in [1.82, 2.24) is 9.97 Å². The van der Waals surface area contributed by atoms with E-state index in [-0.39, 0.29) is 0 Å². The van der Waals surface area contributed by atoms with Gasteiger partial charge in [-0.15, -0.1) is 0 Å². The van der Waals surface area contributed by atoms with Crippen LogP contribution < -0.4 is 0 Å². The van der Waals surface area contributed by atoms with Crippen LogP contribution in [0.4, 0.5) is 0 Å². The summed E-state index contributed by atoms with van der Waals surface area (Å²) in [6, 6.07) is 9.56. The largest absolute Gasteiger partial charge is 0.387 e. The van der Waals surface area contributed by atoms with Crippen LogP contribution in [0.15, 0.2) is 52.6 Å². The minimum absolute atomic E-state index is 0.520. The Morgan fingerprint density at radius 3 is 2.62 bits per heavy atom. The van der Waals surface area contributed by atoms with Gasteiger partial charge in [-0.2, -0.15) is 0 Å². The minimum atomic E-state index is -0.520. The predicted octanol–water partition coefficient (Wildman–Crippen LogP) is 2.68. The van der Waals surface area contributed by atoms with Gasteiger partial charge in [0, 0.05) is 17.3 Å². The molecule has 4 heteroatoms. The third-order valence-electron chi connectivity index (χ3n) is 2.05. The molecule has 0 bridgehead atoms. The summed E-state index contributed by atoms with van der Waals surface area (Å²) in [6.07, 6.45) is 3.00. The molecule has 16 heavy (non-hydrogen) atoms. The number of aliphatic hydroxyl groups is 1. The lowest BCUT2D eigenvalue weighted by Crippen LogP contribution is -1.94. The molecule has 2 heterocycles. The van der Waals surface area contributed by atoms with Crippen LogP contribution in [-0.2, 0) is 0 Å². The van der Waals surface area contributed by atoms with Crippen molar-refractivity contribution in [3.63, 3.8) is 0 Å². The molecule has 2 aromatic heterocycles. The fourth-order valence-electron chi connectivity index (χ4n) is 1.23. The van der Waals surface area contributed by atoms with E-state index in [1.807, 2.05) is 30.3 Å². The molecule has 0 saturated heterocycles. The molecule has 2 rings (SSSR count). The fraction of sp³-hybridized carbons (Fsp3) is 0.167. The molecule has 1 atom stereocenters. The third-order valence-corrected chi connectivity index (χ3v) is 2.98. The van der Waals surface area contributed by atoms with E-state index in [0.29, 0.717) is 5.69 Å². The first kappa shape index (κ1) is 11.1. The zero-order valence-corrected chi connectivity index (χ0v) is 9.69. The van der Waals surface area contributed by atoms with Gasteiger partial charge in [0.1, 0.15) is 5.03 Å². The van der Waals surface area contributed by atoms with Crippen LogP contribution in [0.5, 0.6) is 0 Å². The molecule has 0 saturated carbocycles. The molecule has 0 aliphatic carbocycles. The smallest absolute Gasteiger partial charge is 0.101 e. The Bertz CT molecular complexity index is 442. The standard InChI is InChI=1S/C12H12N2OS/c1-9(15)11-6-5-10(8-14-11)16-12-4-2-3-7-13-12/h2-9,15H,1H3/t9-/m0/s1. The monoisotopic (exact) mass is 232 g/mol. The van der Waals surface area contributed by atoms with Crippen LogP contribution >= 0.6 is 11.8 Å². The maximum absolute atomic E-state index is 9.32. The van der Waals surface area contributed by atoms with Gasteiger partial charge in [-0.25, -0.2) is 4.98 Å². The number of nitrogens with zero attached hydrogens (tertiary/aromatic N) is 2. The van der Waals surface area contributed by atoms with Gasteiger partial charge in [-0.3, -0.25) is 4.98 Å². The second-order valence-electron chi connectivity index (χ2n) is 3.36. The summed E-state index contributed by atoms with van der Waals surface area (Å²) in [5.74, 6) is 0. The Balaban J connectivity index is 2.11. The molecule has 3 nitrogen and oxygen atoms in total. The molecule has 0 amide bonds. The highest BCUT2D eigenvalue weighted by Gasteiger charge is 2.03. The highest BCUT2D eigenvalue weighted by Crippen LogP contribution is 2.25. The highest BCUT2D eigenvalue weighted by atomic mass is 32.2. The second-order valence-corrected chi connectivity index (χ2v) is 4.46. The highest BCUT2D eigenvalue weighted by molar-refractivity contribution is 7.99. The SMILES string of the molecule is C[C@H](O)c1ccc(Sc2ccccn2)cn1. The second kappa shape index (κ2) is 5.09. The van der Waals surface area contributed by atoms with Gasteiger partial charge in [0.25, 0.3) is 0 Å². The number of pyridine rings is 2. The summed E-state index contributed by atoms with van der Waals surface area (Å²) in [6.45, 7) is 1.70.